The molecule has 1 atom stereocenters. The topological polar surface area (TPSA) is 21.3 Å². The van der Waals surface area contributed by atoms with Crippen molar-refractivity contribution in [2.24, 2.45) is 0 Å². The van der Waals surface area contributed by atoms with Crippen LogP contribution < -0.4 is 5.32 Å². The van der Waals surface area contributed by atoms with E-state index in [0.717, 1.165) is 19.7 Å². The fourth-order valence-electron chi connectivity index (χ4n) is 2.92. The number of hydrogen-bond acceptors (Lipinski definition) is 2. The molecule has 1 saturated heterocycles. The van der Waals surface area contributed by atoms with Crippen LogP contribution in [-0.4, -0.2) is 19.3 Å². The SMILES string of the molecule is c1cc2c(cc1CNCC1CCCO1)CCC2. The number of nitrogens with one attached hydrogen (secondary N) is 1. The maximum Gasteiger partial charge on any atom is 0.0700 e. The fraction of sp³-hybridized carbons (Fsp3) is 0.600. The smallest absolute Gasteiger partial charge is 0.0700 e. The standard InChI is InChI=1S/C15H21NO/c1-3-13-7-6-12(9-14(13)4-1)10-16-11-15-5-2-8-17-15/h6-7,9,15-16H,1-5,8,10-11H2. The predicted octanol–water partition coefficient (Wildman–Crippen LogP) is 2.44. The number of ether oxygens (including phenoxy) is 1. The molecule has 2 heteroatoms. The largest absolute Gasteiger partial charge is 0.377 e. The lowest BCUT2D eigenvalue weighted by atomic mass is 10.1. The summed E-state index contributed by atoms with van der Waals surface area (Å²) >= 11 is 0. The second-order valence-corrected chi connectivity index (χ2v) is 5.22. The van der Waals surface area contributed by atoms with Gasteiger partial charge in [-0.25, -0.2) is 0 Å². The Morgan fingerprint density at radius 1 is 1.18 bits per heavy atom. The highest BCUT2D eigenvalue weighted by Gasteiger charge is 2.15. The third kappa shape index (κ3) is 2.70. The molecule has 0 saturated carbocycles. The first kappa shape index (κ1) is 11.2. The number of rotatable bonds is 4. The van der Waals surface area contributed by atoms with Gasteiger partial charge in [0.15, 0.2) is 0 Å². The lowest BCUT2D eigenvalue weighted by Crippen LogP contribution is -2.25. The van der Waals surface area contributed by atoms with E-state index < -0.39 is 0 Å². The Morgan fingerprint density at radius 2 is 2.12 bits per heavy atom. The molecule has 0 aromatic heterocycles. The van der Waals surface area contributed by atoms with E-state index in [-0.39, 0.29) is 0 Å². The van der Waals surface area contributed by atoms with Crippen LogP contribution in [0.15, 0.2) is 18.2 Å². The van der Waals surface area contributed by atoms with Crippen molar-refractivity contribution in [3.05, 3.63) is 34.9 Å². The third-order valence-corrected chi connectivity index (χ3v) is 3.89. The van der Waals surface area contributed by atoms with Gasteiger partial charge in [0.1, 0.15) is 0 Å². The minimum atomic E-state index is 0.449. The molecule has 1 fully saturated rings. The van der Waals surface area contributed by atoms with Crippen LogP contribution in [0.1, 0.15) is 36.0 Å². The van der Waals surface area contributed by atoms with E-state index in [9.17, 15) is 0 Å². The Labute approximate surface area is 103 Å². The number of hydrogen-bond donors (Lipinski definition) is 1. The zero-order valence-corrected chi connectivity index (χ0v) is 10.4. The summed E-state index contributed by atoms with van der Waals surface area (Å²) in [4.78, 5) is 0. The Balaban J connectivity index is 1.51. The van der Waals surface area contributed by atoms with Crippen LogP contribution in [0, 0.1) is 0 Å². The monoisotopic (exact) mass is 231 g/mol. The third-order valence-electron chi connectivity index (χ3n) is 3.89. The Bertz CT molecular complexity index is 383. The van der Waals surface area contributed by atoms with Gasteiger partial charge in [0.2, 0.25) is 0 Å². The molecule has 0 spiro atoms. The molecule has 1 unspecified atom stereocenters. The van der Waals surface area contributed by atoms with Crippen molar-refractivity contribution in [3.63, 3.8) is 0 Å². The van der Waals surface area contributed by atoms with Gasteiger partial charge in [-0.15, -0.1) is 0 Å². The molecular formula is C15H21NO. The van der Waals surface area contributed by atoms with Crippen LogP contribution in [0.2, 0.25) is 0 Å². The van der Waals surface area contributed by atoms with E-state index in [1.54, 1.807) is 11.1 Å². The zero-order valence-electron chi connectivity index (χ0n) is 10.4. The summed E-state index contributed by atoms with van der Waals surface area (Å²) in [7, 11) is 0. The fourth-order valence-corrected chi connectivity index (χ4v) is 2.92. The average molecular weight is 231 g/mol. The second-order valence-electron chi connectivity index (χ2n) is 5.22. The summed E-state index contributed by atoms with van der Waals surface area (Å²) in [5.74, 6) is 0. The first-order valence-corrected chi connectivity index (χ1v) is 6.85. The van der Waals surface area contributed by atoms with Gasteiger partial charge in [0.25, 0.3) is 0 Å². The van der Waals surface area contributed by atoms with Crippen molar-refractivity contribution in [1.82, 2.24) is 5.32 Å². The van der Waals surface area contributed by atoms with Gasteiger partial charge in [0, 0.05) is 19.7 Å². The maximum atomic E-state index is 5.60. The highest BCUT2D eigenvalue weighted by atomic mass is 16.5. The second kappa shape index (κ2) is 5.19. The lowest BCUT2D eigenvalue weighted by Gasteiger charge is -2.11. The Hall–Kier alpha value is -0.860. The molecule has 17 heavy (non-hydrogen) atoms. The molecule has 0 amide bonds. The van der Waals surface area contributed by atoms with Gasteiger partial charge in [-0.1, -0.05) is 18.2 Å². The molecule has 92 valence electrons. The zero-order chi connectivity index (χ0) is 11.5. The van der Waals surface area contributed by atoms with E-state index in [0.29, 0.717) is 6.10 Å². The Morgan fingerprint density at radius 3 is 3.00 bits per heavy atom. The van der Waals surface area contributed by atoms with Crippen molar-refractivity contribution < 1.29 is 4.74 Å². The first-order valence-electron chi connectivity index (χ1n) is 6.85. The van der Waals surface area contributed by atoms with Gasteiger partial charge in [-0.05, 0) is 48.8 Å². The van der Waals surface area contributed by atoms with Crippen LogP contribution >= 0.6 is 0 Å². The van der Waals surface area contributed by atoms with E-state index in [1.807, 2.05) is 0 Å². The molecule has 3 rings (SSSR count). The van der Waals surface area contributed by atoms with Gasteiger partial charge >= 0.3 is 0 Å². The van der Waals surface area contributed by atoms with Crippen LogP contribution in [0.3, 0.4) is 0 Å². The van der Waals surface area contributed by atoms with Gasteiger partial charge in [0.05, 0.1) is 6.10 Å². The molecule has 1 N–H and O–H groups in total. The van der Waals surface area contributed by atoms with E-state index >= 15 is 0 Å². The average Bonchev–Trinajstić information content (AvgIpc) is 2.98. The summed E-state index contributed by atoms with van der Waals surface area (Å²) < 4.78 is 5.60. The molecule has 1 aliphatic heterocycles. The first-order chi connectivity index (χ1) is 8.42. The normalized spacial score (nSPS) is 22.9. The Kier molecular flexibility index (Phi) is 3.44. The summed E-state index contributed by atoms with van der Waals surface area (Å²) in [6.07, 6.45) is 6.78. The van der Waals surface area contributed by atoms with Crippen molar-refractivity contribution in [3.8, 4) is 0 Å². The van der Waals surface area contributed by atoms with Crippen LogP contribution in [0.25, 0.3) is 0 Å². The molecular weight excluding hydrogens is 210 g/mol. The maximum absolute atomic E-state index is 5.60. The van der Waals surface area contributed by atoms with Gasteiger partial charge < -0.3 is 10.1 Å². The van der Waals surface area contributed by atoms with Crippen molar-refractivity contribution >= 4 is 0 Å². The summed E-state index contributed by atoms with van der Waals surface area (Å²) in [5.41, 5.74) is 4.55. The summed E-state index contributed by atoms with van der Waals surface area (Å²) in [6.45, 7) is 2.93. The number of fused-ring (bicyclic) bond motifs is 1. The van der Waals surface area contributed by atoms with E-state index in [2.05, 4.69) is 23.5 Å². The molecule has 1 aliphatic carbocycles. The summed E-state index contributed by atoms with van der Waals surface area (Å²) in [5, 5.41) is 3.51. The molecule has 2 nitrogen and oxygen atoms in total. The quantitative estimate of drug-likeness (QED) is 0.859. The highest BCUT2D eigenvalue weighted by Crippen LogP contribution is 2.22. The van der Waals surface area contributed by atoms with Crippen molar-refractivity contribution in [1.29, 1.82) is 0 Å². The van der Waals surface area contributed by atoms with Crippen LogP contribution in [0.5, 0.6) is 0 Å². The molecule has 0 bridgehead atoms. The van der Waals surface area contributed by atoms with Crippen molar-refractivity contribution in [2.45, 2.75) is 44.8 Å². The van der Waals surface area contributed by atoms with Crippen LogP contribution in [0.4, 0.5) is 0 Å². The molecule has 1 aromatic rings. The number of aryl methyl sites for hydroxylation is 2. The molecule has 0 radical (unpaired) electrons. The lowest BCUT2D eigenvalue weighted by molar-refractivity contribution is 0.110. The van der Waals surface area contributed by atoms with Gasteiger partial charge in [-0.3, -0.25) is 0 Å². The predicted molar refractivity (Wildman–Crippen MR) is 69.1 cm³/mol. The van der Waals surface area contributed by atoms with Crippen LogP contribution in [-0.2, 0) is 24.1 Å². The minimum Gasteiger partial charge on any atom is -0.377 e. The van der Waals surface area contributed by atoms with E-state index in [1.165, 1.54) is 37.7 Å². The highest BCUT2D eigenvalue weighted by molar-refractivity contribution is 5.35. The minimum absolute atomic E-state index is 0.449. The van der Waals surface area contributed by atoms with E-state index in [4.69, 9.17) is 4.74 Å². The number of benzene rings is 1. The molecule has 1 heterocycles. The van der Waals surface area contributed by atoms with Gasteiger partial charge in [-0.2, -0.15) is 0 Å². The molecule has 2 aliphatic rings. The summed E-state index contributed by atoms with van der Waals surface area (Å²) in [6, 6.07) is 6.96. The van der Waals surface area contributed by atoms with Crippen molar-refractivity contribution in [2.75, 3.05) is 13.2 Å². The molecule has 1 aromatic carbocycles.